The highest BCUT2D eigenvalue weighted by atomic mass is 35.7. The molecule has 0 atom stereocenters. The quantitative estimate of drug-likeness (QED) is 0.666. The van der Waals surface area contributed by atoms with Gasteiger partial charge in [0, 0.05) is 5.92 Å². The molecule has 0 aliphatic heterocycles. The van der Waals surface area contributed by atoms with Gasteiger partial charge in [0.05, 0.1) is 4.75 Å². The van der Waals surface area contributed by atoms with Gasteiger partial charge in [-0.05, 0) is 35.5 Å². The summed E-state index contributed by atoms with van der Waals surface area (Å²) in [5.74, 6) is -1.01. The van der Waals surface area contributed by atoms with E-state index in [4.69, 9.17) is 10.7 Å². The van der Waals surface area contributed by atoms with Crippen molar-refractivity contribution in [2.75, 3.05) is 0 Å². The zero-order valence-electron chi connectivity index (χ0n) is 7.68. The Balaban J connectivity index is 4.50. The van der Waals surface area contributed by atoms with Crippen LogP contribution < -0.4 is 0 Å². The summed E-state index contributed by atoms with van der Waals surface area (Å²) >= 11 is 0. The van der Waals surface area contributed by atoms with E-state index in [1.165, 1.54) is 0 Å². The molecule has 0 bridgehead atoms. The summed E-state index contributed by atoms with van der Waals surface area (Å²) in [7, 11) is 6.36. The molecule has 0 amide bonds. The standard InChI is InChI=1S/C8H13ClO2S/c1-5(2)6(10)7(11)8(3,4)12-9/h5H,1-4H3. The van der Waals surface area contributed by atoms with Gasteiger partial charge in [0.15, 0.2) is 0 Å². The first-order chi connectivity index (χ1) is 5.33. The zero-order valence-corrected chi connectivity index (χ0v) is 9.25. The third kappa shape index (κ3) is 2.79. The summed E-state index contributed by atoms with van der Waals surface area (Å²) in [6.07, 6.45) is 0. The Morgan fingerprint density at radius 3 is 2.00 bits per heavy atom. The first-order valence-corrected chi connectivity index (χ1v) is 5.35. The Morgan fingerprint density at radius 2 is 1.75 bits per heavy atom. The van der Waals surface area contributed by atoms with Gasteiger partial charge in [-0.2, -0.15) is 0 Å². The van der Waals surface area contributed by atoms with Gasteiger partial charge < -0.3 is 0 Å². The second-order valence-electron chi connectivity index (χ2n) is 3.44. The third-order valence-corrected chi connectivity index (χ3v) is 3.22. The van der Waals surface area contributed by atoms with E-state index < -0.39 is 10.5 Å². The van der Waals surface area contributed by atoms with Crippen molar-refractivity contribution in [3.8, 4) is 0 Å². The molecule has 0 saturated carbocycles. The molecule has 0 aromatic rings. The van der Waals surface area contributed by atoms with Crippen molar-refractivity contribution in [2.24, 2.45) is 5.92 Å². The molecule has 0 fully saturated rings. The van der Waals surface area contributed by atoms with Gasteiger partial charge in [-0.3, -0.25) is 9.59 Å². The predicted octanol–water partition coefficient (Wildman–Crippen LogP) is 2.45. The fraction of sp³-hybridized carbons (Fsp3) is 0.750. The molecule has 0 aliphatic rings. The molecule has 70 valence electrons. The van der Waals surface area contributed by atoms with E-state index in [0.717, 1.165) is 11.0 Å². The second-order valence-corrected chi connectivity index (χ2v) is 5.07. The van der Waals surface area contributed by atoms with Crippen LogP contribution in [-0.4, -0.2) is 16.3 Å². The van der Waals surface area contributed by atoms with E-state index in [2.05, 4.69) is 0 Å². The zero-order chi connectivity index (χ0) is 9.94. The highest BCUT2D eigenvalue weighted by molar-refractivity contribution is 8.22. The van der Waals surface area contributed by atoms with Crippen molar-refractivity contribution in [3.05, 3.63) is 0 Å². The fourth-order valence-corrected chi connectivity index (χ4v) is 0.975. The number of rotatable bonds is 4. The number of carbonyl (C=O) groups excluding carboxylic acids is 2. The van der Waals surface area contributed by atoms with Gasteiger partial charge in [0.25, 0.3) is 0 Å². The molecule has 0 saturated heterocycles. The predicted molar refractivity (Wildman–Crippen MR) is 52.4 cm³/mol. The monoisotopic (exact) mass is 208 g/mol. The van der Waals surface area contributed by atoms with Crippen LogP contribution in [0.5, 0.6) is 0 Å². The number of hydrogen-bond acceptors (Lipinski definition) is 3. The lowest BCUT2D eigenvalue weighted by Gasteiger charge is -2.18. The smallest absolute Gasteiger partial charge is 0.215 e. The van der Waals surface area contributed by atoms with Crippen molar-refractivity contribution in [3.63, 3.8) is 0 Å². The molecule has 12 heavy (non-hydrogen) atoms. The van der Waals surface area contributed by atoms with Crippen LogP contribution in [0.3, 0.4) is 0 Å². The van der Waals surface area contributed by atoms with Crippen LogP contribution in [0.15, 0.2) is 0 Å². The Hall–Kier alpha value is -0.0200. The largest absolute Gasteiger partial charge is 0.291 e. The summed E-state index contributed by atoms with van der Waals surface area (Å²) in [6.45, 7) is 6.70. The van der Waals surface area contributed by atoms with Gasteiger partial charge >= 0.3 is 0 Å². The molecule has 0 aromatic heterocycles. The van der Waals surface area contributed by atoms with E-state index in [1.54, 1.807) is 27.7 Å². The molecule has 0 N–H and O–H groups in total. The minimum absolute atomic E-state index is 0.249. The number of halogens is 1. The van der Waals surface area contributed by atoms with E-state index in [0.29, 0.717) is 0 Å². The third-order valence-electron chi connectivity index (χ3n) is 1.49. The van der Waals surface area contributed by atoms with Crippen LogP contribution in [0.4, 0.5) is 0 Å². The maximum atomic E-state index is 11.4. The molecule has 0 aliphatic carbocycles. The van der Waals surface area contributed by atoms with Gasteiger partial charge in [0.1, 0.15) is 0 Å². The van der Waals surface area contributed by atoms with E-state index in [9.17, 15) is 9.59 Å². The Kier molecular flexibility index (Phi) is 4.28. The molecule has 0 unspecified atom stereocenters. The number of Topliss-reactive ketones (excluding diaryl/α,β-unsaturated/α-hetero) is 2. The topological polar surface area (TPSA) is 34.1 Å². The number of hydrogen-bond donors (Lipinski definition) is 0. The highest BCUT2D eigenvalue weighted by Crippen LogP contribution is 2.29. The van der Waals surface area contributed by atoms with Crippen LogP contribution >= 0.6 is 21.7 Å². The van der Waals surface area contributed by atoms with E-state index >= 15 is 0 Å². The van der Waals surface area contributed by atoms with Crippen LogP contribution in [0.1, 0.15) is 27.7 Å². The van der Waals surface area contributed by atoms with Gasteiger partial charge in [-0.25, -0.2) is 0 Å². The second kappa shape index (κ2) is 4.28. The Labute approximate surface area is 81.5 Å². The minimum atomic E-state index is -0.803. The van der Waals surface area contributed by atoms with Crippen LogP contribution in [-0.2, 0) is 9.59 Å². The summed E-state index contributed by atoms with van der Waals surface area (Å²) in [6, 6.07) is 0. The van der Waals surface area contributed by atoms with Gasteiger partial charge in [-0.15, -0.1) is 0 Å². The number of carbonyl (C=O) groups is 2. The van der Waals surface area contributed by atoms with Crippen molar-refractivity contribution in [1.82, 2.24) is 0 Å². The van der Waals surface area contributed by atoms with Crippen LogP contribution in [0, 0.1) is 5.92 Å². The maximum absolute atomic E-state index is 11.4. The molecule has 0 aromatic carbocycles. The lowest BCUT2D eigenvalue weighted by molar-refractivity contribution is -0.139. The first kappa shape index (κ1) is 12.0. The van der Waals surface area contributed by atoms with Crippen molar-refractivity contribution < 1.29 is 9.59 Å². The number of ketones is 2. The normalized spacial score (nSPS) is 11.8. The molecule has 0 heterocycles. The first-order valence-electron chi connectivity index (χ1n) is 3.71. The Bertz CT molecular complexity index is 199. The van der Waals surface area contributed by atoms with Crippen molar-refractivity contribution in [1.29, 1.82) is 0 Å². The Morgan fingerprint density at radius 1 is 1.33 bits per heavy atom. The maximum Gasteiger partial charge on any atom is 0.215 e. The molecule has 0 rings (SSSR count). The SMILES string of the molecule is CC(C)C(=O)C(=O)C(C)(C)SCl. The van der Waals surface area contributed by atoms with E-state index in [-0.39, 0.29) is 11.7 Å². The van der Waals surface area contributed by atoms with Gasteiger partial charge in [0.2, 0.25) is 11.6 Å². The molecule has 2 nitrogen and oxygen atoms in total. The fourth-order valence-electron chi connectivity index (χ4n) is 0.594. The lowest BCUT2D eigenvalue weighted by atomic mass is 9.97. The van der Waals surface area contributed by atoms with Crippen LogP contribution in [0.25, 0.3) is 0 Å². The molecule has 0 radical (unpaired) electrons. The summed E-state index contributed by atoms with van der Waals surface area (Å²) in [4.78, 5) is 22.6. The van der Waals surface area contributed by atoms with Gasteiger partial charge in [-0.1, -0.05) is 13.8 Å². The molecule has 4 heteroatoms. The summed E-state index contributed by atoms with van der Waals surface area (Å²) < 4.78 is -0.803. The highest BCUT2D eigenvalue weighted by Gasteiger charge is 2.34. The average molecular weight is 209 g/mol. The lowest BCUT2D eigenvalue weighted by Crippen LogP contribution is -2.35. The summed E-state index contributed by atoms with van der Waals surface area (Å²) in [5.41, 5.74) is 0. The summed E-state index contributed by atoms with van der Waals surface area (Å²) in [5, 5.41) is 0. The van der Waals surface area contributed by atoms with Crippen molar-refractivity contribution >= 4 is 33.2 Å². The minimum Gasteiger partial charge on any atom is -0.291 e. The molecular weight excluding hydrogens is 196 g/mol. The average Bonchev–Trinajstić information content (AvgIpc) is 2.01. The van der Waals surface area contributed by atoms with E-state index in [1.807, 2.05) is 0 Å². The molecule has 0 spiro atoms. The van der Waals surface area contributed by atoms with Crippen molar-refractivity contribution in [2.45, 2.75) is 32.4 Å². The molecular formula is C8H13ClO2S. The van der Waals surface area contributed by atoms with Crippen LogP contribution in [0.2, 0.25) is 0 Å².